The molecule has 2 heteroatoms. The molecule has 2 aromatic carbocycles. The molecule has 3 rings (SSSR count). The van der Waals surface area contributed by atoms with Gasteiger partial charge < -0.3 is 4.74 Å². The first-order valence-electron chi connectivity index (χ1n) is 6.20. The average molecular weight is 303 g/mol. The molecule has 0 saturated heterocycles. The zero-order valence-electron chi connectivity index (χ0n) is 10.1. The SMILES string of the molecule is BrC(Cc1ccccc1)c1ccc2c(c1)COC2. The molecule has 0 spiro atoms. The zero-order chi connectivity index (χ0) is 12.4. The molecule has 1 nitrogen and oxygen atoms in total. The summed E-state index contributed by atoms with van der Waals surface area (Å²) < 4.78 is 5.45. The van der Waals surface area contributed by atoms with E-state index < -0.39 is 0 Å². The Morgan fingerprint density at radius 3 is 2.61 bits per heavy atom. The molecule has 0 radical (unpaired) electrons. The molecular weight excluding hydrogens is 288 g/mol. The van der Waals surface area contributed by atoms with Crippen molar-refractivity contribution in [3.05, 3.63) is 70.8 Å². The van der Waals surface area contributed by atoms with Gasteiger partial charge in [0.1, 0.15) is 0 Å². The van der Waals surface area contributed by atoms with Gasteiger partial charge in [0.25, 0.3) is 0 Å². The van der Waals surface area contributed by atoms with Gasteiger partial charge >= 0.3 is 0 Å². The first kappa shape index (κ1) is 11.9. The predicted octanol–water partition coefficient (Wildman–Crippen LogP) is 4.40. The Morgan fingerprint density at radius 2 is 1.78 bits per heavy atom. The van der Waals surface area contributed by atoms with Crippen LogP contribution in [0.15, 0.2) is 48.5 Å². The van der Waals surface area contributed by atoms with Crippen LogP contribution in [0.25, 0.3) is 0 Å². The molecule has 0 N–H and O–H groups in total. The van der Waals surface area contributed by atoms with Crippen LogP contribution in [-0.4, -0.2) is 0 Å². The van der Waals surface area contributed by atoms with Crippen molar-refractivity contribution in [2.75, 3.05) is 0 Å². The van der Waals surface area contributed by atoms with Gasteiger partial charge in [-0.15, -0.1) is 0 Å². The Balaban J connectivity index is 1.78. The number of fused-ring (bicyclic) bond motifs is 1. The Hall–Kier alpha value is -1.12. The van der Waals surface area contributed by atoms with Crippen LogP contribution in [-0.2, 0) is 24.4 Å². The van der Waals surface area contributed by atoms with Gasteiger partial charge in [0.15, 0.2) is 0 Å². The number of hydrogen-bond donors (Lipinski definition) is 0. The molecule has 92 valence electrons. The van der Waals surface area contributed by atoms with Crippen molar-refractivity contribution < 1.29 is 4.74 Å². The minimum absolute atomic E-state index is 0.366. The summed E-state index contributed by atoms with van der Waals surface area (Å²) in [5.41, 5.74) is 5.36. The third kappa shape index (κ3) is 2.50. The van der Waals surface area contributed by atoms with E-state index in [1.807, 2.05) is 0 Å². The van der Waals surface area contributed by atoms with E-state index in [1.165, 1.54) is 22.3 Å². The number of ether oxygens (including phenoxy) is 1. The van der Waals surface area contributed by atoms with E-state index in [2.05, 4.69) is 64.5 Å². The highest BCUT2D eigenvalue weighted by atomic mass is 79.9. The molecule has 1 heterocycles. The van der Waals surface area contributed by atoms with Crippen LogP contribution in [0.4, 0.5) is 0 Å². The van der Waals surface area contributed by atoms with Crippen molar-refractivity contribution in [2.45, 2.75) is 24.5 Å². The van der Waals surface area contributed by atoms with Crippen LogP contribution in [0.1, 0.15) is 27.1 Å². The second-order valence-electron chi connectivity index (χ2n) is 4.68. The maximum Gasteiger partial charge on any atom is 0.0725 e. The lowest BCUT2D eigenvalue weighted by Crippen LogP contribution is -1.96. The molecule has 1 aliphatic rings. The summed E-state index contributed by atoms with van der Waals surface area (Å²) in [6, 6.07) is 17.2. The van der Waals surface area contributed by atoms with Crippen molar-refractivity contribution in [2.24, 2.45) is 0 Å². The van der Waals surface area contributed by atoms with Crippen molar-refractivity contribution in [1.82, 2.24) is 0 Å². The summed E-state index contributed by atoms with van der Waals surface area (Å²) in [6.07, 6.45) is 1.01. The number of rotatable bonds is 3. The summed E-state index contributed by atoms with van der Waals surface area (Å²) in [4.78, 5) is 0.366. The smallest absolute Gasteiger partial charge is 0.0725 e. The van der Waals surface area contributed by atoms with E-state index in [4.69, 9.17) is 4.74 Å². The van der Waals surface area contributed by atoms with Crippen molar-refractivity contribution >= 4 is 15.9 Å². The molecule has 0 bridgehead atoms. The minimum atomic E-state index is 0.366. The van der Waals surface area contributed by atoms with Crippen LogP contribution in [0.3, 0.4) is 0 Å². The van der Waals surface area contributed by atoms with Gasteiger partial charge in [-0.1, -0.05) is 64.5 Å². The molecule has 0 aliphatic carbocycles. The van der Waals surface area contributed by atoms with E-state index in [1.54, 1.807) is 0 Å². The lowest BCUT2D eigenvalue weighted by atomic mass is 10.0. The first-order chi connectivity index (χ1) is 8.83. The third-order valence-electron chi connectivity index (χ3n) is 3.36. The van der Waals surface area contributed by atoms with Crippen LogP contribution in [0.2, 0.25) is 0 Å². The quantitative estimate of drug-likeness (QED) is 0.764. The highest BCUT2D eigenvalue weighted by Gasteiger charge is 2.14. The topological polar surface area (TPSA) is 9.23 Å². The molecule has 0 fully saturated rings. The van der Waals surface area contributed by atoms with Gasteiger partial charge in [0.05, 0.1) is 13.2 Å². The fourth-order valence-electron chi connectivity index (χ4n) is 2.33. The Bertz CT molecular complexity index is 536. The van der Waals surface area contributed by atoms with Gasteiger partial charge in [-0.25, -0.2) is 0 Å². The highest BCUT2D eigenvalue weighted by molar-refractivity contribution is 9.09. The monoisotopic (exact) mass is 302 g/mol. The number of hydrogen-bond acceptors (Lipinski definition) is 1. The molecule has 18 heavy (non-hydrogen) atoms. The molecule has 1 unspecified atom stereocenters. The maximum atomic E-state index is 5.45. The van der Waals surface area contributed by atoms with E-state index in [0.717, 1.165) is 19.6 Å². The van der Waals surface area contributed by atoms with E-state index in [-0.39, 0.29) is 0 Å². The predicted molar refractivity (Wildman–Crippen MR) is 76.7 cm³/mol. The zero-order valence-corrected chi connectivity index (χ0v) is 11.7. The largest absolute Gasteiger partial charge is 0.372 e. The first-order valence-corrected chi connectivity index (χ1v) is 7.12. The summed E-state index contributed by atoms with van der Waals surface area (Å²) in [5, 5.41) is 0. The highest BCUT2D eigenvalue weighted by Crippen LogP contribution is 2.30. The van der Waals surface area contributed by atoms with Crippen LogP contribution < -0.4 is 0 Å². The summed E-state index contributed by atoms with van der Waals surface area (Å²) in [7, 11) is 0. The van der Waals surface area contributed by atoms with Crippen molar-refractivity contribution in [3.8, 4) is 0 Å². The molecule has 0 aromatic heterocycles. The summed E-state index contributed by atoms with van der Waals surface area (Å²) in [6.45, 7) is 1.52. The fraction of sp³-hybridized carbons (Fsp3) is 0.250. The molecule has 0 amide bonds. The standard InChI is InChI=1S/C16H15BrO/c17-16(8-12-4-2-1-3-5-12)13-6-7-14-10-18-11-15(14)9-13/h1-7,9,16H,8,10-11H2. The summed E-state index contributed by atoms with van der Waals surface area (Å²) >= 11 is 3.79. The van der Waals surface area contributed by atoms with Crippen molar-refractivity contribution in [3.63, 3.8) is 0 Å². The molecule has 0 saturated carbocycles. The molecular formula is C16H15BrO. The lowest BCUT2D eigenvalue weighted by molar-refractivity contribution is 0.134. The summed E-state index contributed by atoms with van der Waals surface area (Å²) in [5.74, 6) is 0. The lowest BCUT2D eigenvalue weighted by Gasteiger charge is -2.11. The maximum absolute atomic E-state index is 5.45. The van der Waals surface area contributed by atoms with E-state index in [9.17, 15) is 0 Å². The fourth-order valence-corrected chi connectivity index (χ4v) is 2.98. The minimum Gasteiger partial charge on any atom is -0.372 e. The van der Waals surface area contributed by atoms with Crippen LogP contribution >= 0.6 is 15.9 Å². The Morgan fingerprint density at radius 1 is 1.00 bits per heavy atom. The van der Waals surface area contributed by atoms with Crippen molar-refractivity contribution in [1.29, 1.82) is 0 Å². The molecule has 1 atom stereocenters. The van der Waals surface area contributed by atoms with E-state index >= 15 is 0 Å². The number of alkyl halides is 1. The second-order valence-corrected chi connectivity index (χ2v) is 5.78. The average Bonchev–Trinajstić information content (AvgIpc) is 2.87. The Kier molecular flexibility index (Phi) is 3.48. The number of benzene rings is 2. The van der Waals surface area contributed by atoms with Crippen LogP contribution in [0, 0.1) is 0 Å². The normalized spacial score (nSPS) is 15.4. The van der Waals surface area contributed by atoms with E-state index in [0.29, 0.717) is 4.83 Å². The molecule has 2 aromatic rings. The van der Waals surface area contributed by atoms with Gasteiger partial charge in [-0.3, -0.25) is 0 Å². The van der Waals surface area contributed by atoms with Gasteiger partial charge in [-0.05, 0) is 28.7 Å². The second kappa shape index (κ2) is 5.25. The third-order valence-corrected chi connectivity index (χ3v) is 4.22. The number of halogens is 1. The van der Waals surface area contributed by atoms with Gasteiger partial charge in [-0.2, -0.15) is 0 Å². The molecule has 1 aliphatic heterocycles. The Labute approximate surface area is 116 Å². The van der Waals surface area contributed by atoms with Crippen LogP contribution in [0.5, 0.6) is 0 Å². The van der Waals surface area contributed by atoms with Gasteiger partial charge in [0.2, 0.25) is 0 Å². The van der Waals surface area contributed by atoms with Gasteiger partial charge in [0, 0.05) is 4.83 Å².